The van der Waals surface area contributed by atoms with Crippen LogP contribution in [0, 0.1) is 0 Å². The van der Waals surface area contributed by atoms with Gasteiger partial charge in [0.25, 0.3) is 0 Å². The lowest BCUT2D eigenvalue weighted by atomic mass is 10.1. The molecule has 0 saturated carbocycles. The Bertz CT molecular complexity index is 1050. The first-order chi connectivity index (χ1) is 14.0. The van der Waals surface area contributed by atoms with Crippen LogP contribution in [0.4, 0.5) is 0 Å². The highest BCUT2D eigenvalue weighted by Gasteiger charge is 2.25. The molecule has 29 heavy (non-hydrogen) atoms. The molecule has 0 spiro atoms. The molecule has 3 aromatic rings. The van der Waals surface area contributed by atoms with Crippen molar-refractivity contribution in [1.82, 2.24) is 19.8 Å². The largest absolute Gasteiger partial charge is 0.497 e. The van der Waals surface area contributed by atoms with Crippen LogP contribution in [0.3, 0.4) is 0 Å². The van der Waals surface area contributed by atoms with Crippen LogP contribution in [0.15, 0.2) is 24.3 Å². The van der Waals surface area contributed by atoms with Gasteiger partial charge in [0.15, 0.2) is 11.3 Å². The van der Waals surface area contributed by atoms with Gasteiger partial charge in [0, 0.05) is 7.11 Å². The smallest absolute Gasteiger partial charge is 0.360 e. The van der Waals surface area contributed by atoms with Gasteiger partial charge in [-0.2, -0.15) is 5.10 Å². The molecule has 10 nitrogen and oxygen atoms in total. The molecule has 2 heterocycles. The lowest BCUT2D eigenvalue weighted by Crippen LogP contribution is -2.19. The van der Waals surface area contributed by atoms with E-state index >= 15 is 0 Å². The molecule has 0 aliphatic carbocycles. The summed E-state index contributed by atoms with van der Waals surface area (Å²) < 4.78 is 21.4. The van der Waals surface area contributed by atoms with Crippen molar-refractivity contribution < 1.29 is 28.5 Å². The van der Waals surface area contributed by atoms with E-state index in [-0.39, 0.29) is 24.4 Å². The second kappa shape index (κ2) is 8.65. The van der Waals surface area contributed by atoms with Gasteiger partial charge in [-0.3, -0.25) is 4.79 Å². The number of rotatable bonds is 7. The van der Waals surface area contributed by atoms with Gasteiger partial charge in [0.05, 0.1) is 51.3 Å². The topological polar surface area (TPSA) is 114 Å². The van der Waals surface area contributed by atoms with E-state index in [1.54, 1.807) is 26.4 Å². The van der Waals surface area contributed by atoms with E-state index in [1.807, 2.05) is 12.1 Å². The lowest BCUT2D eigenvalue weighted by molar-refractivity contribution is -0.139. The quantitative estimate of drug-likeness (QED) is 0.544. The fourth-order valence-electron chi connectivity index (χ4n) is 2.90. The highest BCUT2D eigenvalue weighted by molar-refractivity contribution is 5.90. The van der Waals surface area contributed by atoms with E-state index in [2.05, 4.69) is 15.3 Å². The highest BCUT2D eigenvalue weighted by Crippen LogP contribution is 2.30. The molecule has 1 aromatic carbocycles. The maximum atomic E-state index is 12.1. The molecular formula is C19H20N4O6. The fraction of sp³-hybridized carbons (Fsp3) is 0.316. The number of carbonyl (C=O) groups is 2. The molecular weight excluding hydrogens is 380 g/mol. The van der Waals surface area contributed by atoms with Crippen LogP contribution in [0.5, 0.6) is 5.75 Å². The molecule has 0 saturated heterocycles. The first kappa shape index (κ1) is 20.2. The molecule has 0 fully saturated rings. The molecule has 0 bridgehead atoms. The lowest BCUT2D eigenvalue weighted by Gasteiger charge is -2.08. The summed E-state index contributed by atoms with van der Waals surface area (Å²) in [6, 6.07) is 7.32. The molecule has 10 heteroatoms. The van der Waals surface area contributed by atoms with Crippen LogP contribution >= 0.6 is 0 Å². The first-order valence-electron chi connectivity index (χ1n) is 8.59. The minimum atomic E-state index is -0.729. The number of esters is 2. The summed E-state index contributed by atoms with van der Waals surface area (Å²) in [7, 11) is 5.61. The molecule has 3 rings (SSSR count). The summed E-state index contributed by atoms with van der Waals surface area (Å²) in [6.45, 7) is 0.190. The minimum absolute atomic E-state index is 0.113. The van der Waals surface area contributed by atoms with Crippen molar-refractivity contribution in [1.29, 1.82) is 0 Å². The number of nitrogens with zero attached hydrogens (tertiary/aromatic N) is 4. The Morgan fingerprint density at radius 1 is 1.00 bits per heavy atom. The van der Waals surface area contributed by atoms with E-state index in [4.69, 9.17) is 18.9 Å². The van der Waals surface area contributed by atoms with Gasteiger partial charge in [-0.05, 0) is 17.7 Å². The monoisotopic (exact) mass is 400 g/mol. The zero-order valence-corrected chi connectivity index (χ0v) is 16.5. The molecule has 0 aliphatic rings. The summed E-state index contributed by atoms with van der Waals surface area (Å²) in [5.41, 5.74) is 2.51. The Balaban J connectivity index is 2.28. The van der Waals surface area contributed by atoms with Crippen molar-refractivity contribution in [2.45, 2.75) is 13.0 Å². The third-order valence-corrected chi connectivity index (χ3v) is 4.29. The number of ether oxygens (including phenoxy) is 4. The third kappa shape index (κ3) is 3.87. The molecule has 152 valence electrons. The average Bonchev–Trinajstić information content (AvgIpc) is 3.12. The maximum Gasteiger partial charge on any atom is 0.360 e. The standard InChI is InChI=1S/C19H20N4O6/c1-26-10-13-16(11-5-7-12(27-2)8-6-11)18-21-20-17(19(25)29-4)14(23(18)22-13)9-15(24)28-3/h5-8H,9-10H2,1-4H3. The van der Waals surface area contributed by atoms with Crippen LogP contribution in [0.25, 0.3) is 16.8 Å². The summed E-state index contributed by atoms with van der Waals surface area (Å²) in [4.78, 5) is 24.1. The van der Waals surface area contributed by atoms with Gasteiger partial charge in [0.1, 0.15) is 5.75 Å². The zero-order valence-electron chi connectivity index (χ0n) is 16.5. The second-order valence-electron chi connectivity index (χ2n) is 5.96. The van der Waals surface area contributed by atoms with Crippen molar-refractivity contribution in [2.24, 2.45) is 0 Å². The van der Waals surface area contributed by atoms with Crippen molar-refractivity contribution >= 4 is 17.6 Å². The number of benzene rings is 1. The molecule has 0 N–H and O–H groups in total. The Labute approximate surface area is 166 Å². The Hall–Kier alpha value is -3.53. The van der Waals surface area contributed by atoms with Crippen LogP contribution in [-0.4, -0.2) is 60.2 Å². The second-order valence-corrected chi connectivity index (χ2v) is 5.96. The minimum Gasteiger partial charge on any atom is -0.497 e. The van der Waals surface area contributed by atoms with Crippen LogP contribution in [-0.2, 0) is 32.0 Å². The SMILES string of the molecule is COCc1nn2c(CC(=O)OC)c(C(=O)OC)nnc2c1-c1ccc(OC)cc1. The van der Waals surface area contributed by atoms with E-state index in [9.17, 15) is 9.59 Å². The molecule has 0 radical (unpaired) electrons. The van der Waals surface area contributed by atoms with E-state index < -0.39 is 11.9 Å². The van der Waals surface area contributed by atoms with Gasteiger partial charge in [-0.25, -0.2) is 9.31 Å². The molecule has 2 aromatic heterocycles. The number of hydrogen-bond acceptors (Lipinski definition) is 9. The number of methoxy groups -OCH3 is 4. The van der Waals surface area contributed by atoms with Gasteiger partial charge in [-0.15, -0.1) is 10.2 Å². The molecule has 0 aliphatic heterocycles. The Morgan fingerprint density at radius 2 is 1.72 bits per heavy atom. The summed E-state index contributed by atoms with van der Waals surface area (Å²) in [5, 5.41) is 12.7. The third-order valence-electron chi connectivity index (χ3n) is 4.29. The van der Waals surface area contributed by atoms with Crippen LogP contribution in [0.1, 0.15) is 21.9 Å². The van der Waals surface area contributed by atoms with Gasteiger partial charge in [0.2, 0.25) is 0 Å². The van der Waals surface area contributed by atoms with E-state index in [0.717, 1.165) is 5.56 Å². The fourth-order valence-corrected chi connectivity index (χ4v) is 2.90. The zero-order chi connectivity index (χ0) is 21.0. The Morgan fingerprint density at radius 3 is 2.31 bits per heavy atom. The summed E-state index contributed by atoms with van der Waals surface area (Å²) in [5.74, 6) is -0.587. The molecule has 0 amide bonds. The summed E-state index contributed by atoms with van der Waals surface area (Å²) >= 11 is 0. The van der Waals surface area contributed by atoms with Gasteiger partial charge < -0.3 is 18.9 Å². The van der Waals surface area contributed by atoms with Crippen molar-refractivity contribution in [3.05, 3.63) is 41.3 Å². The average molecular weight is 400 g/mol. The Kier molecular flexibility index (Phi) is 6.03. The number of hydrogen-bond donors (Lipinski definition) is 0. The normalized spacial score (nSPS) is 10.8. The predicted octanol–water partition coefficient (Wildman–Crippen LogP) is 1.45. The van der Waals surface area contributed by atoms with E-state index in [0.29, 0.717) is 22.7 Å². The predicted molar refractivity (Wildman–Crippen MR) is 101 cm³/mol. The van der Waals surface area contributed by atoms with Crippen molar-refractivity contribution in [2.75, 3.05) is 28.4 Å². The van der Waals surface area contributed by atoms with Crippen LogP contribution < -0.4 is 4.74 Å². The molecule has 0 atom stereocenters. The number of fused-ring (bicyclic) bond motifs is 1. The van der Waals surface area contributed by atoms with Crippen LogP contribution in [0.2, 0.25) is 0 Å². The molecule has 0 unspecified atom stereocenters. The maximum absolute atomic E-state index is 12.1. The first-order valence-corrected chi connectivity index (χ1v) is 8.59. The van der Waals surface area contributed by atoms with Gasteiger partial charge >= 0.3 is 11.9 Å². The van der Waals surface area contributed by atoms with Crippen molar-refractivity contribution in [3.8, 4) is 16.9 Å². The van der Waals surface area contributed by atoms with Gasteiger partial charge in [-0.1, -0.05) is 12.1 Å². The summed E-state index contributed by atoms with van der Waals surface area (Å²) in [6.07, 6.45) is -0.233. The highest BCUT2D eigenvalue weighted by atomic mass is 16.5. The van der Waals surface area contributed by atoms with E-state index in [1.165, 1.54) is 18.7 Å². The van der Waals surface area contributed by atoms with Crippen molar-refractivity contribution in [3.63, 3.8) is 0 Å². The number of carbonyl (C=O) groups excluding carboxylic acids is 2. The number of aromatic nitrogens is 4.